The van der Waals surface area contributed by atoms with Crippen LogP contribution in [0.15, 0.2) is 18.3 Å². The minimum atomic E-state index is -0.0327. The summed E-state index contributed by atoms with van der Waals surface area (Å²) in [6.45, 7) is 0. The molecule has 5 nitrogen and oxygen atoms in total. The number of nitrogens with zero attached hydrogens (tertiary/aromatic N) is 2. The first-order valence-electron chi connectivity index (χ1n) is 6.59. The Bertz CT molecular complexity index is 431. The van der Waals surface area contributed by atoms with Gasteiger partial charge in [-0.05, 0) is 31.4 Å². The number of pyridine rings is 1. The predicted molar refractivity (Wildman–Crippen MR) is 74.3 cm³/mol. The normalized spacial score (nSPS) is 22.3. The van der Waals surface area contributed by atoms with Crippen molar-refractivity contribution in [2.24, 2.45) is 0 Å². The largest absolute Gasteiger partial charge is 0.379 e. The van der Waals surface area contributed by atoms with E-state index in [1.54, 1.807) is 38.4 Å². The van der Waals surface area contributed by atoms with E-state index in [9.17, 15) is 4.79 Å². The molecular weight excluding hydrogens is 242 g/mol. The second-order valence-corrected chi connectivity index (χ2v) is 5.09. The molecule has 1 aromatic heterocycles. The van der Waals surface area contributed by atoms with Crippen molar-refractivity contribution >= 4 is 11.7 Å². The number of hydrogen-bond acceptors (Lipinski definition) is 4. The molecule has 19 heavy (non-hydrogen) atoms. The number of hydrogen-bond donors (Lipinski definition) is 1. The average Bonchev–Trinajstić information content (AvgIpc) is 2.86. The van der Waals surface area contributed by atoms with Gasteiger partial charge in [-0.2, -0.15) is 0 Å². The zero-order valence-corrected chi connectivity index (χ0v) is 11.7. The number of anilines is 1. The lowest BCUT2D eigenvalue weighted by molar-refractivity contribution is 0.0827. The Kier molecular flexibility index (Phi) is 4.37. The molecule has 1 amide bonds. The molecule has 2 atom stereocenters. The first kappa shape index (κ1) is 13.8. The summed E-state index contributed by atoms with van der Waals surface area (Å²) in [5.41, 5.74) is 0.602. The van der Waals surface area contributed by atoms with Crippen LogP contribution in [0.1, 0.15) is 29.6 Å². The van der Waals surface area contributed by atoms with E-state index in [1.165, 1.54) is 6.42 Å². The summed E-state index contributed by atoms with van der Waals surface area (Å²) in [5.74, 6) is 0.763. The lowest BCUT2D eigenvalue weighted by Gasteiger charge is -2.20. The Hall–Kier alpha value is -1.62. The zero-order valence-electron chi connectivity index (χ0n) is 11.7. The molecule has 0 saturated heterocycles. The van der Waals surface area contributed by atoms with E-state index in [-0.39, 0.29) is 12.0 Å². The van der Waals surface area contributed by atoms with Gasteiger partial charge in [0.05, 0.1) is 17.7 Å². The minimum Gasteiger partial charge on any atom is -0.379 e. The number of amides is 1. The molecule has 1 heterocycles. The van der Waals surface area contributed by atoms with Gasteiger partial charge >= 0.3 is 0 Å². The molecule has 0 radical (unpaired) electrons. The predicted octanol–water partition coefficient (Wildman–Crippen LogP) is 1.76. The van der Waals surface area contributed by atoms with E-state index < -0.39 is 0 Å². The molecule has 0 aromatic carbocycles. The van der Waals surface area contributed by atoms with E-state index in [0.717, 1.165) is 18.7 Å². The number of carbonyl (C=O) groups is 1. The molecular formula is C14H21N3O2. The summed E-state index contributed by atoms with van der Waals surface area (Å²) in [4.78, 5) is 17.6. The fourth-order valence-corrected chi connectivity index (χ4v) is 2.43. The second kappa shape index (κ2) is 6.02. The Labute approximate surface area is 114 Å². The fourth-order valence-electron chi connectivity index (χ4n) is 2.43. The van der Waals surface area contributed by atoms with Crippen molar-refractivity contribution < 1.29 is 9.53 Å². The smallest absolute Gasteiger partial charge is 0.254 e. The van der Waals surface area contributed by atoms with Crippen molar-refractivity contribution in [2.45, 2.75) is 31.4 Å². The number of rotatable bonds is 4. The summed E-state index contributed by atoms with van der Waals surface area (Å²) >= 11 is 0. The highest BCUT2D eigenvalue weighted by Gasteiger charge is 2.27. The maximum Gasteiger partial charge on any atom is 0.254 e. The second-order valence-electron chi connectivity index (χ2n) is 5.09. The van der Waals surface area contributed by atoms with Crippen molar-refractivity contribution in [1.29, 1.82) is 0 Å². The molecule has 2 rings (SSSR count). The van der Waals surface area contributed by atoms with Crippen LogP contribution < -0.4 is 5.32 Å². The summed E-state index contributed by atoms with van der Waals surface area (Å²) in [6.07, 6.45) is 5.23. The molecule has 1 N–H and O–H groups in total. The van der Waals surface area contributed by atoms with Crippen LogP contribution >= 0.6 is 0 Å². The first-order chi connectivity index (χ1) is 9.11. The van der Waals surface area contributed by atoms with Crippen LogP contribution in [-0.4, -0.2) is 49.1 Å². The molecule has 0 bridgehead atoms. The van der Waals surface area contributed by atoms with Gasteiger partial charge in [0.2, 0.25) is 0 Å². The minimum absolute atomic E-state index is 0.0327. The highest BCUT2D eigenvalue weighted by atomic mass is 16.5. The number of aromatic nitrogens is 1. The first-order valence-corrected chi connectivity index (χ1v) is 6.59. The highest BCUT2D eigenvalue weighted by Crippen LogP contribution is 2.24. The van der Waals surface area contributed by atoms with Gasteiger partial charge in [0.25, 0.3) is 5.91 Å². The lowest BCUT2D eigenvalue weighted by atomic mass is 10.2. The van der Waals surface area contributed by atoms with Crippen LogP contribution in [0.4, 0.5) is 5.82 Å². The van der Waals surface area contributed by atoms with Crippen LogP contribution in [0, 0.1) is 0 Å². The van der Waals surface area contributed by atoms with Crippen molar-refractivity contribution in [3.05, 3.63) is 23.9 Å². The van der Waals surface area contributed by atoms with Crippen LogP contribution in [-0.2, 0) is 4.74 Å². The summed E-state index contributed by atoms with van der Waals surface area (Å²) < 4.78 is 5.44. The molecule has 1 aliphatic carbocycles. The van der Waals surface area contributed by atoms with E-state index in [4.69, 9.17) is 4.74 Å². The van der Waals surface area contributed by atoms with Gasteiger partial charge in [-0.3, -0.25) is 4.79 Å². The van der Waals surface area contributed by atoms with Gasteiger partial charge in [0.15, 0.2) is 0 Å². The molecule has 104 valence electrons. The summed E-state index contributed by atoms with van der Waals surface area (Å²) in [7, 11) is 5.21. The van der Waals surface area contributed by atoms with Gasteiger partial charge in [-0.15, -0.1) is 0 Å². The number of nitrogens with one attached hydrogen (secondary N) is 1. The molecule has 1 saturated carbocycles. The maximum atomic E-state index is 11.7. The maximum absolute atomic E-state index is 11.7. The lowest BCUT2D eigenvalue weighted by Crippen LogP contribution is -2.30. The van der Waals surface area contributed by atoms with Crippen molar-refractivity contribution in [3.63, 3.8) is 0 Å². The third-order valence-electron chi connectivity index (χ3n) is 3.51. The third-order valence-corrected chi connectivity index (χ3v) is 3.51. The van der Waals surface area contributed by atoms with Gasteiger partial charge in [-0.25, -0.2) is 4.98 Å². The Balaban J connectivity index is 2.01. The fraction of sp³-hybridized carbons (Fsp3) is 0.571. The van der Waals surface area contributed by atoms with Gasteiger partial charge in [-0.1, -0.05) is 0 Å². The monoisotopic (exact) mass is 263 g/mol. The van der Waals surface area contributed by atoms with E-state index in [2.05, 4.69) is 10.3 Å². The standard InChI is InChI=1S/C14H21N3O2/c1-17(2)14(18)10-7-8-13(15-9-10)16-11-5-4-6-12(11)19-3/h7-9,11-12H,4-6H2,1-3H3,(H,15,16). The molecule has 0 aliphatic heterocycles. The van der Waals surface area contributed by atoms with Crippen molar-refractivity contribution in [1.82, 2.24) is 9.88 Å². The van der Waals surface area contributed by atoms with Crippen molar-refractivity contribution in [3.8, 4) is 0 Å². The summed E-state index contributed by atoms with van der Waals surface area (Å²) in [6, 6.07) is 3.96. The molecule has 1 aliphatic rings. The average molecular weight is 263 g/mol. The molecule has 1 fully saturated rings. The topological polar surface area (TPSA) is 54.5 Å². The van der Waals surface area contributed by atoms with Crippen LogP contribution in [0.25, 0.3) is 0 Å². The van der Waals surface area contributed by atoms with Gasteiger partial charge in [0.1, 0.15) is 5.82 Å². The van der Waals surface area contributed by atoms with Gasteiger partial charge in [0, 0.05) is 27.4 Å². The summed E-state index contributed by atoms with van der Waals surface area (Å²) in [5, 5.41) is 3.38. The van der Waals surface area contributed by atoms with Gasteiger partial charge < -0.3 is 15.0 Å². The number of carbonyl (C=O) groups excluding carboxylic acids is 1. The molecule has 5 heteroatoms. The zero-order chi connectivity index (χ0) is 13.8. The highest BCUT2D eigenvalue weighted by molar-refractivity contribution is 5.93. The molecule has 0 spiro atoms. The third kappa shape index (κ3) is 3.23. The van der Waals surface area contributed by atoms with E-state index in [0.29, 0.717) is 11.6 Å². The van der Waals surface area contributed by atoms with Crippen molar-refractivity contribution in [2.75, 3.05) is 26.5 Å². The van der Waals surface area contributed by atoms with E-state index in [1.807, 2.05) is 6.07 Å². The Morgan fingerprint density at radius 2 is 2.21 bits per heavy atom. The Morgan fingerprint density at radius 3 is 2.79 bits per heavy atom. The van der Waals surface area contributed by atoms with E-state index >= 15 is 0 Å². The Morgan fingerprint density at radius 1 is 1.42 bits per heavy atom. The van der Waals surface area contributed by atoms with Crippen LogP contribution in [0.3, 0.4) is 0 Å². The van der Waals surface area contributed by atoms with Crippen LogP contribution in [0.2, 0.25) is 0 Å². The number of methoxy groups -OCH3 is 1. The molecule has 2 unspecified atom stereocenters. The quantitative estimate of drug-likeness (QED) is 0.899. The molecule has 1 aromatic rings. The van der Waals surface area contributed by atoms with Crippen LogP contribution in [0.5, 0.6) is 0 Å². The number of ether oxygens (including phenoxy) is 1. The SMILES string of the molecule is COC1CCCC1Nc1ccc(C(=O)N(C)C)cn1.